The fourth-order valence-corrected chi connectivity index (χ4v) is 4.18. The Bertz CT molecular complexity index is 1240. The lowest BCUT2D eigenvalue weighted by Gasteiger charge is -2.08. The van der Waals surface area contributed by atoms with Gasteiger partial charge in [-0.25, -0.2) is 9.97 Å². The first-order valence-electron chi connectivity index (χ1n) is 8.90. The van der Waals surface area contributed by atoms with Gasteiger partial charge in [0.2, 0.25) is 0 Å². The van der Waals surface area contributed by atoms with Crippen LogP contribution in [0.4, 0.5) is 0 Å². The summed E-state index contributed by atoms with van der Waals surface area (Å²) in [6.45, 7) is 0. The highest BCUT2D eigenvalue weighted by molar-refractivity contribution is 9.10. The average Bonchev–Trinajstić information content (AvgIpc) is 2.73. The van der Waals surface area contributed by atoms with E-state index in [1.54, 1.807) is 0 Å². The maximum atomic E-state index is 4.97. The number of pyridine rings is 2. The molecule has 0 aliphatic heterocycles. The molecule has 0 spiro atoms. The van der Waals surface area contributed by atoms with Crippen molar-refractivity contribution in [1.29, 1.82) is 0 Å². The van der Waals surface area contributed by atoms with Crippen LogP contribution >= 0.6 is 31.9 Å². The predicted molar refractivity (Wildman–Crippen MR) is 123 cm³/mol. The van der Waals surface area contributed by atoms with Gasteiger partial charge in [-0.2, -0.15) is 0 Å². The van der Waals surface area contributed by atoms with Crippen molar-refractivity contribution in [3.8, 4) is 22.5 Å². The molecule has 0 radical (unpaired) electrons. The minimum atomic E-state index is 0.923. The van der Waals surface area contributed by atoms with E-state index in [9.17, 15) is 0 Å². The van der Waals surface area contributed by atoms with Gasteiger partial charge < -0.3 is 0 Å². The first-order valence-corrected chi connectivity index (χ1v) is 10.5. The number of hydrogen-bond donors (Lipinski definition) is 0. The maximum absolute atomic E-state index is 4.97. The largest absolute Gasteiger partial charge is 0.245 e. The van der Waals surface area contributed by atoms with Crippen LogP contribution in [-0.2, 0) is 0 Å². The summed E-state index contributed by atoms with van der Waals surface area (Å²) in [7, 11) is 0. The van der Waals surface area contributed by atoms with Gasteiger partial charge in [0.05, 0.1) is 22.4 Å². The summed E-state index contributed by atoms with van der Waals surface area (Å²) in [5.41, 5.74) is 5.89. The molecule has 0 unspecified atom stereocenters. The molecule has 0 N–H and O–H groups in total. The van der Waals surface area contributed by atoms with E-state index in [1.807, 2.05) is 24.3 Å². The normalized spacial score (nSPS) is 11.2. The molecule has 0 aliphatic rings. The van der Waals surface area contributed by atoms with Gasteiger partial charge in [0.15, 0.2) is 0 Å². The lowest BCUT2D eigenvalue weighted by molar-refractivity contribution is 1.36. The highest BCUT2D eigenvalue weighted by Gasteiger charge is 2.09. The van der Waals surface area contributed by atoms with Crippen LogP contribution in [0, 0.1) is 0 Å². The van der Waals surface area contributed by atoms with E-state index in [-0.39, 0.29) is 0 Å². The second-order valence-electron chi connectivity index (χ2n) is 6.62. The molecule has 134 valence electrons. The maximum Gasteiger partial charge on any atom is 0.0972 e. The molecule has 0 bridgehead atoms. The van der Waals surface area contributed by atoms with E-state index < -0.39 is 0 Å². The van der Waals surface area contributed by atoms with Crippen LogP contribution < -0.4 is 0 Å². The number of halogens is 2. The van der Waals surface area contributed by atoms with Crippen LogP contribution in [0.1, 0.15) is 0 Å². The van der Waals surface area contributed by atoms with E-state index >= 15 is 0 Å². The van der Waals surface area contributed by atoms with Crippen molar-refractivity contribution in [1.82, 2.24) is 9.97 Å². The summed E-state index contributed by atoms with van der Waals surface area (Å²) < 4.78 is 2.08. The van der Waals surface area contributed by atoms with E-state index in [4.69, 9.17) is 9.97 Å². The molecule has 0 atom stereocenters. The standard InChI is InChI=1S/C24H14Br2N2/c25-19-5-1-3-17(13-19)21-11-9-15-7-8-16-10-12-22(28-24(16)23(15)27-21)18-4-2-6-20(26)14-18/h1-14H. The number of fused-ring (bicyclic) bond motifs is 3. The van der Waals surface area contributed by atoms with Crippen LogP contribution in [0.15, 0.2) is 93.9 Å². The van der Waals surface area contributed by atoms with Gasteiger partial charge in [0.1, 0.15) is 0 Å². The molecule has 0 saturated carbocycles. The Labute approximate surface area is 179 Å². The molecule has 3 aromatic carbocycles. The minimum absolute atomic E-state index is 0.923. The SMILES string of the molecule is Brc1cccc(-c2ccc3ccc4ccc(-c5cccc(Br)c5)nc4c3n2)c1. The van der Waals surface area contributed by atoms with Crippen LogP contribution in [0.5, 0.6) is 0 Å². The highest BCUT2D eigenvalue weighted by Crippen LogP contribution is 2.30. The van der Waals surface area contributed by atoms with Crippen molar-refractivity contribution in [3.63, 3.8) is 0 Å². The van der Waals surface area contributed by atoms with Gasteiger partial charge >= 0.3 is 0 Å². The fraction of sp³-hybridized carbons (Fsp3) is 0. The fourth-order valence-electron chi connectivity index (χ4n) is 3.38. The van der Waals surface area contributed by atoms with Crippen LogP contribution in [0.2, 0.25) is 0 Å². The molecule has 2 heterocycles. The number of hydrogen-bond acceptors (Lipinski definition) is 2. The van der Waals surface area contributed by atoms with Gasteiger partial charge in [-0.05, 0) is 36.4 Å². The molecule has 5 rings (SSSR count). The van der Waals surface area contributed by atoms with Gasteiger partial charge in [-0.3, -0.25) is 0 Å². The molecule has 2 nitrogen and oxygen atoms in total. The third-order valence-corrected chi connectivity index (χ3v) is 5.75. The second-order valence-corrected chi connectivity index (χ2v) is 8.45. The number of rotatable bonds is 2. The lowest BCUT2D eigenvalue weighted by Crippen LogP contribution is -1.91. The minimum Gasteiger partial charge on any atom is -0.245 e. The average molecular weight is 490 g/mol. The van der Waals surface area contributed by atoms with Crippen LogP contribution in [0.25, 0.3) is 44.3 Å². The van der Waals surface area contributed by atoms with Crippen molar-refractivity contribution in [2.45, 2.75) is 0 Å². The van der Waals surface area contributed by atoms with Gasteiger partial charge in [0.25, 0.3) is 0 Å². The summed E-state index contributed by atoms with van der Waals surface area (Å²) in [5.74, 6) is 0. The Morgan fingerprint density at radius 3 is 1.36 bits per heavy atom. The smallest absolute Gasteiger partial charge is 0.0972 e. The van der Waals surface area contributed by atoms with Gasteiger partial charge in [-0.15, -0.1) is 0 Å². The Balaban J connectivity index is 1.75. The van der Waals surface area contributed by atoms with Crippen molar-refractivity contribution in [2.75, 3.05) is 0 Å². The summed E-state index contributed by atoms with van der Waals surface area (Å²) in [6, 6.07) is 29.0. The Hall–Kier alpha value is -2.56. The van der Waals surface area contributed by atoms with E-state index in [1.165, 1.54) is 0 Å². The Morgan fingerprint density at radius 1 is 0.500 bits per heavy atom. The van der Waals surface area contributed by atoms with Gasteiger partial charge in [-0.1, -0.05) is 80.4 Å². The number of nitrogens with zero attached hydrogens (tertiary/aromatic N) is 2. The molecular formula is C24H14Br2N2. The first kappa shape index (κ1) is 17.5. The van der Waals surface area contributed by atoms with E-state index in [2.05, 4.69) is 92.5 Å². The Morgan fingerprint density at radius 2 is 0.929 bits per heavy atom. The second kappa shape index (κ2) is 7.12. The van der Waals surface area contributed by atoms with Crippen molar-refractivity contribution in [2.24, 2.45) is 0 Å². The lowest BCUT2D eigenvalue weighted by atomic mass is 10.1. The number of aromatic nitrogens is 2. The molecule has 0 aliphatic carbocycles. The molecule has 0 fully saturated rings. The quantitative estimate of drug-likeness (QED) is 0.238. The van der Waals surface area contributed by atoms with Gasteiger partial charge in [0, 0.05) is 30.8 Å². The summed E-state index contributed by atoms with van der Waals surface area (Å²) in [4.78, 5) is 9.95. The third kappa shape index (κ3) is 3.23. The predicted octanol–water partition coefficient (Wildman–Crippen LogP) is 7.64. The molecule has 4 heteroatoms. The van der Waals surface area contributed by atoms with Crippen molar-refractivity contribution >= 4 is 53.7 Å². The summed E-state index contributed by atoms with van der Waals surface area (Å²) >= 11 is 7.09. The zero-order valence-electron chi connectivity index (χ0n) is 14.7. The van der Waals surface area contributed by atoms with Crippen LogP contribution in [0.3, 0.4) is 0 Å². The zero-order chi connectivity index (χ0) is 19.1. The molecule has 0 saturated heterocycles. The Kier molecular flexibility index (Phi) is 4.46. The molecule has 0 amide bonds. The third-order valence-electron chi connectivity index (χ3n) is 4.76. The highest BCUT2D eigenvalue weighted by atomic mass is 79.9. The summed E-state index contributed by atoms with van der Waals surface area (Å²) in [5, 5.41) is 2.18. The van der Waals surface area contributed by atoms with E-state index in [0.717, 1.165) is 53.3 Å². The van der Waals surface area contributed by atoms with Crippen molar-refractivity contribution < 1.29 is 0 Å². The number of benzene rings is 3. The van der Waals surface area contributed by atoms with E-state index in [0.29, 0.717) is 0 Å². The zero-order valence-corrected chi connectivity index (χ0v) is 17.9. The van der Waals surface area contributed by atoms with Crippen LogP contribution in [-0.4, -0.2) is 9.97 Å². The first-order chi connectivity index (χ1) is 13.7. The van der Waals surface area contributed by atoms with Crippen molar-refractivity contribution in [3.05, 3.63) is 93.9 Å². The monoisotopic (exact) mass is 488 g/mol. The molecule has 2 aromatic heterocycles. The molecular weight excluding hydrogens is 476 g/mol. The summed E-state index contributed by atoms with van der Waals surface area (Å²) in [6.07, 6.45) is 0. The topological polar surface area (TPSA) is 25.8 Å². The molecule has 28 heavy (non-hydrogen) atoms. The molecule has 5 aromatic rings.